The normalized spacial score (nSPS) is 14.7. The lowest BCUT2D eigenvalue weighted by atomic mass is 10.1. The Hall–Kier alpha value is -2.26. The van der Waals surface area contributed by atoms with Gasteiger partial charge in [-0.1, -0.05) is 18.9 Å². The van der Waals surface area contributed by atoms with E-state index in [1.807, 2.05) is 0 Å². The molecule has 0 atom stereocenters. The topological polar surface area (TPSA) is 104 Å². The summed E-state index contributed by atoms with van der Waals surface area (Å²) >= 11 is 0. The lowest BCUT2D eigenvalue weighted by Gasteiger charge is -2.11. The van der Waals surface area contributed by atoms with Crippen molar-refractivity contribution in [3.63, 3.8) is 0 Å². The molecule has 2 rings (SSSR count). The van der Waals surface area contributed by atoms with Gasteiger partial charge in [0.1, 0.15) is 10.7 Å². The highest BCUT2D eigenvalue weighted by Gasteiger charge is 2.22. The number of nitrogens with one attached hydrogen (secondary N) is 3. The van der Waals surface area contributed by atoms with Crippen molar-refractivity contribution in [2.24, 2.45) is 5.92 Å². The van der Waals surface area contributed by atoms with Gasteiger partial charge in [0.15, 0.2) is 0 Å². The molecule has 0 spiro atoms. The molecule has 148 valence electrons. The van der Waals surface area contributed by atoms with E-state index in [0.717, 1.165) is 37.8 Å². The van der Waals surface area contributed by atoms with Crippen LogP contribution in [-0.2, 0) is 14.8 Å². The third-order valence-electron chi connectivity index (χ3n) is 4.34. The Balaban J connectivity index is 1.91. The van der Waals surface area contributed by atoms with Crippen molar-refractivity contribution >= 4 is 21.8 Å². The Morgan fingerprint density at radius 3 is 2.52 bits per heavy atom. The zero-order chi connectivity index (χ0) is 19.9. The summed E-state index contributed by atoms with van der Waals surface area (Å²) < 4.78 is 40.2. The van der Waals surface area contributed by atoms with Gasteiger partial charge < -0.3 is 10.6 Å². The predicted molar refractivity (Wildman–Crippen MR) is 99.1 cm³/mol. The summed E-state index contributed by atoms with van der Waals surface area (Å²) in [5.74, 6) is -1.46. The molecule has 1 saturated carbocycles. The zero-order valence-corrected chi connectivity index (χ0v) is 15.8. The quantitative estimate of drug-likeness (QED) is 0.432. The van der Waals surface area contributed by atoms with E-state index in [1.54, 1.807) is 0 Å². The Morgan fingerprint density at radius 2 is 1.85 bits per heavy atom. The first-order valence-corrected chi connectivity index (χ1v) is 10.3. The van der Waals surface area contributed by atoms with Crippen molar-refractivity contribution < 1.29 is 22.4 Å². The molecule has 0 aromatic heterocycles. The molecule has 0 heterocycles. The van der Waals surface area contributed by atoms with Crippen molar-refractivity contribution in [3.05, 3.63) is 42.2 Å². The zero-order valence-electron chi connectivity index (χ0n) is 15.0. The van der Waals surface area contributed by atoms with Gasteiger partial charge in [-0.2, -0.15) is 0 Å². The van der Waals surface area contributed by atoms with Crippen LogP contribution in [0.4, 0.5) is 4.39 Å². The first-order chi connectivity index (χ1) is 12.8. The van der Waals surface area contributed by atoms with Gasteiger partial charge in [0.25, 0.3) is 5.91 Å². The van der Waals surface area contributed by atoms with Gasteiger partial charge in [-0.3, -0.25) is 9.59 Å². The smallest absolute Gasteiger partial charge is 0.251 e. The molecular weight excluding hydrogens is 373 g/mol. The second-order valence-electron chi connectivity index (χ2n) is 6.31. The molecule has 27 heavy (non-hydrogen) atoms. The summed E-state index contributed by atoms with van der Waals surface area (Å²) in [7, 11) is -4.09. The predicted octanol–water partition coefficient (Wildman–Crippen LogP) is 1.33. The molecule has 1 aromatic rings. The molecule has 0 saturated heterocycles. The van der Waals surface area contributed by atoms with Crippen molar-refractivity contribution in [2.75, 3.05) is 19.6 Å². The highest BCUT2D eigenvalue weighted by atomic mass is 32.2. The third-order valence-corrected chi connectivity index (χ3v) is 5.77. The average Bonchev–Trinajstić information content (AvgIpc) is 3.18. The fourth-order valence-corrected chi connectivity index (χ4v) is 3.99. The van der Waals surface area contributed by atoms with E-state index in [2.05, 4.69) is 21.9 Å². The van der Waals surface area contributed by atoms with E-state index in [1.165, 1.54) is 12.1 Å². The Labute approximate surface area is 158 Å². The van der Waals surface area contributed by atoms with Crippen LogP contribution in [0.15, 0.2) is 35.7 Å². The molecule has 0 bridgehead atoms. The van der Waals surface area contributed by atoms with Gasteiger partial charge in [0, 0.05) is 31.1 Å². The van der Waals surface area contributed by atoms with Crippen molar-refractivity contribution in [1.29, 1.82) is 0 Å². The highest BCUT2D eigenvalue weighted by molar-refractivity contribution is 7.89. The summed E-state index contributed by atoms with van der Waals surface area (Å²) in [5.41, 5.74) is 0.0116. The molecule has 2 amide bonds. The molecule has 1 aliphatic carbocycles. The summed E-state index contributed by atoms with van der Waals surface area (Å²) in [6.45, 7) is 3.79. The monoisotopic (exact) mass is 397 g/mol. The minimum absolute atomic E-state index is 0.00907. The lowest BCUT2D eigenvalue weighted by Crippen LogP contribution is -2.37. The van der Waals surface area contributed by atoms with E-state index in [9.17, 15) is 22.4 Å². The summed E-state index contributed by atoms with van der Waals surface area (Å²) in [5, 5.41) is 5.35. The SMILES string of the molecule is C=CCNS(=O)(=O)c1cc(C(=O)NCCNC(=O)C2CCCC2)ccc1F. The number of sulfonamides is 1. The van der Waals surface area contributed by atoms with Crippen LogP contribution >= 0.6 is 0 Å². The van der Waals surface area contributed by atoms with Crippen LogP contribution in [-0.4, -0.2) is 39.9 Å². The molecule has 3 N–H and O–H groups in total. The standard InChI is InChI=1S/C18H24FN3O4S/c1-2-9-22-27(25,26)16-12-14(7-8-15(16)19)18(24)21-11-10-20-17(23)13-5-3-4-6-13/h2,7-8,12-13,22H,1,3-6,9-11H2,(H,20,23)(H,21,24). The number of carbonyl (C=O) groups excluding carboxylic acids is 2. The number of carbonyl (C=O) groups is 2. The van der Waals surface area contributed by atoms with E-state index in [4.69, 9.17) is 0 Å². The summed E-state index contributed by atoms with van der Waals surface area (Å²) in [6.07, 6.45) is 5.24. The van der Waals surface area contributed by atoms with Gasteiger partial charge >= 0.3 is 0 Å². The maximum Gasteiger partial charge on any atom is 0.251 e. The first kappa shape index (κ1) is 21.0. The van der Waals surface area contributed by atoms with Crippen LogP contribution in [0.2, 0.25) is 0 Å². The van der Waals surface area contributed by atoms with Crippen molar-refractivity contribution in [3.8, 4) is 0 Å². The fraction of sp³-hybridized carbons (Fsp3) is 0.444. The van der Waals surface area contributed by atoms with Crippen molar-refractivity contribution in [1.82, 2.24) is 15.4 Å². The Bertz CT molecular complexity index is 805. The molecule has 1 fully saturated rings. The molecule has 9 heteroatoms. The molecule has 0 radical (unpaired) electrons. The van der Waals surface area contributed by atoms with Crippen LogP contribution in [0, 0.1) is 11.7 Å². The third kappa shape index (κ3) is 5.86. The molecule has 0 unspecified atom stereocenters. The number of halogens is 1. The minimum Gasteiger partial charge on any atom is -0.354 e. The molecular formula is C18H24FN3O4S. The van der Waals surface area contributed by atoms with Gasteiger partial charge in [0.05, 0.1) is 0 Å². The van der Waals surface area contributed by atoms with E-state index >= 15 is 0 Å². The Morgan fingerprint density at radius 1 is 1.19 bits per heavy atom. The number of rotatable bonds is 9. The molecule has 1 aromatic carbocycles. The van der Waals surface area contributed by atoms with E-state index in [-0.39, 0.29) is 37.0 Å². The van der Waals surface area contributed by atoms with Gasteiger partial charge in [-0.15, -0.1) is 6.58 Å². The van der Waals surface area contributed by atoms with E-state index < -0.39 is 26.6 Å². The second kappa shape index (κ2) is 9.61. The number of hydrogen-bond donors (Lipinski definition) is 3. The van der Waals surface area contributed by atoms with Crippen LogP contribution < -0.4 is 15.4 Å². The van der Waals surface area contributed by atoms with Gasteiger partial charge in [-0.05, 0) is 31.0 Å². The maximum absolute atomic E-state index is 13.9. The number of hydrogen-bond acceptors (Lipinski definition) is 4. The molecule has 1 aliphatic rings. The van der Waals surface area contributed by atoms with Crippen LogP contribution in [0.1, 0.15) is 36.0 Å². The minimum atomic E-state index is -4.09. The largest absolute Gasteiger partial charge is 0.354 e. The Kier molecular flexibility index (Phi) is 7.49. The average molecular weight is 397 g/mol. The summed E-state index contributed by atoms with van der Waals surface area (Å²) in [4.78, 5) is 23.5. The fourth-order valence-electron chi connectivity index (χ4n) is 2.89. The van der Waals surface area contributed by atoms with Crippen molar-refractivity contribution in [2.45, 2.75) is 30.6 Å². The van der Waals surface area contributed by atoms with E-state index in [0.29, 0.717) is 0 Å². The number of amides is 2. The molecule has 7 nitrogen and oxygen atoms in total. The molecule has 0 aliphatic heterocycles. The number of benzene rings is 1. The van der Waals surface area contributed by atoms with Crippen LogP contribution in [0.25, 0.3) is 0 Å². The van der Waals surface area contributed by atoms with Gasteiger partial charge in [-0.25, -0.2) is 17.5 Å². The first-order valence-electron chi connectivity index (χ1n) is 8.81. The maximum atomic E-state index is 13.9. The second-order valence-corrected chi connectivity index (χ2v) is 8.05. The van der Waals surface area contributed by atoms with Gasteiger partial charge in [0.2, 0.25) is 15.9 Å². The van der Waals surface area contributed by atoms with Crippen LogP contribution in [0.3, 0.4) is 0 Å². The lowest BCUT2D eigenvalue weighted by molar-refractivity contribution is -0.124. The highest BCUT2D eigenvalue weighted by Crippen LogP contribution is 2.24. The van der Waals surface area contributed by atoms with Crippen LogP contribution in [0.5, 0.6) is 0 Å². The summed E-state index contributed by atoms with van der Waals surface area (Å²) in [6, 6.07) is 3.11.